The van der Waals surface area contributed by atoms with Crippen molar-refractivity contribution in [1.29, 1.82) is 0 Å². The number of carbonyl (C=O) groups excluding carboxylic acids is 2. The number of rotatable bonds is 19. The molecule has 2 rings (SSSR count). The van der Waals surface area contributed by atoms with Gasteiger partial charge in [0.05, 0.1) is 25.7 Å². The van der Waals surface area contributed by atoms with Gasteiger partial charge in [0.25, 0.3) is 0 Å². The quantitative estimate of drug-likeness (QED) is 0.186. The monoisotopic (exact) mass is 552 g/mol. The van der Waals surface area contributed by atoms with E-state index in [2.05, 4.69) is 18.1 Å². The molecule has 0 aliphatic heterocycles. The Morgan fingerprint density at radius 2 is 1.55 bits per heavy atom. The minimum absolute atomic E-state index is 0.0157. The predicted octanol–water partition coefficient (Wildman–Crippen LogP) is 4.59. The molecule has 218 valence electrons. The summed E-state index contributed by atoms with van der Waals surface area (Å²) < 4.78 is 22.6. The maximum Gasteiger partial charge on any atom is 0.227 e. The largest absolute Gasteiger partial charge is 0.497 e. The molecule has 8 heteroatoms. The highest BCUT2D eigenvalue weighted by atomic mass is 16.5. The van der Waals surface area contributed by atoms with Crippen molar-refractivity contribution in [1.82, 2.24) is 9.80 Å². The Labute approximate surface area is 239 Å². The lowest BCUT2D eigenvalue weighted by molar-refractivity contribution is -0.131. The lowest BCUT2D eigenvalue weighted by atomic mass is 9.89. The van der Waals surface area contributed by atoms with Crippen molar-refractivity contribution in [2.45, 2.75) is 26.2 Å². The van der Waals surface area contributed by atoms with Crippen molar-refractivity contribution in [2.75, 3.05) is 67.8 Å². The number of hydrogen-bond donors (Lipinski definition) is 0. The number of nitrogens with zero attached hydrogens (tertiary/aromatic N) is 2. The van der Waals surface area contributed by atoms with Gasteiger partial charge in [-0.25, -0.2) is 0 Å². The Balaban J connectivity index is 2.67. The van der Waals surface area contributed by atoms with Crippen molar-refractivity contribution in [3.05, 3.63) is 77.9 Å². The zero-order valence-corrected chi connectivity index (χ0v) is 24.7. The summed E-state index contributed by atoms with van der Waals surface area (Å²) >= 11 is 0. The molecule has 0 aliphatic rings. The molecule has 8 nitrogen and oxygen atoms in total. The van der Waals surface area contributed by atoms with Gasteiger partial charge in [-0.05, 0) is 68.9 Å². The maximum atomic E-state index is 14.1. The van der Waals surface area contributed by atoms with Gasteiger partial charge < -0.3 is 28.7 Å². The third-order valence-corrected chi connectivity index (χ3v) is 6.40. The molecule has 0 fully saturated rings. The summed E-state index contributed by atoms with van der Waals surface area (Å²) in [6, 6.07) is 8.63. The Morgan fingerprint density at radius 1 is 0.900 bits per heavy atom. The molecule has 0 aromatic heterocycles. The van der Waals surface area contributed by atoms with Crippen LogP contribution in [-0.2, 0) is 22.4 Å². The molecule has 0 bridgehead atoms. The average Bonchev–Trinajstić information content (AvgIpc) is 2.95. The van der Waals surface area contributed by atoms with Crippen LogP contribution in [0.5, 0.6) is 17.2 Å². The van der Waals surface area contributed by atoms with Crippen LogP contribution in [0.4, 0.5) is 0 Å². The molecule has 0 atom stereocenters. The molecule has 0 saturated carbocycles. The summed E-state index contributed by atoms with van der Waals surface area (Å²) in [5.41, 5.74) is 2.20. The first-order valence-electron chi connectivity index (χ1n) is 13.6. The second-order valence-corrected chi connectivity index (χ2v) is 9.52. The third-order valence-electron chi connectivity index (χ3n) is 6.40. The summed E-state index contributed by atoms with van der Waals surface area (Å²) in [7, 11) is 7.20. The van der Waals surface area contributed by atoms with E-state index in [0.717, 1.165) is 18.5 Å². The zero-order chi connectivity index (χ0) is 29.5. The summed E-state index contributed by atoms with van der Waals surface area (Å²) in [6.45, 7) is 12.3. The molecule has 40 heavy (non-hydrogen) atoms. The second-order valence-electron chi connectivity index (χ2n) is 9.52. The number of carbonyl (C=O) groups is 2. The second kappa shape index (κ2) is 17.2. The van der Waals surface area contributed by atoms with E-state index >= 15 is 0 Å². The van der Waals surface area contributed by atoms with Crippen LogP contribution in [-0.4, -0.2) is 89.3 Å². The Kier molecular flexibility index (Phi) is 14.0. The van der Waals surface area contributed by atoms with Gasteiger partial charge in [0.2, 0.25) is 5.91 Å². The fraction of sp³-hybridized carbons (Fsp3) is 0.438. The molecule has 0 saturated heterocycles. The maximum absolute atomic E-state index is 14.1. The van der Waals surface area contributed by atoms with Gasteiger partial charge in [-0.15, -0.1) is 0 Å². The highest BCUT2D eigenvalue weighted by Gasteiger charge is 2.28. The standard InChI is InChI=1S/C32H44N2O6/c1-8-19-39-28-23-29(40-20-9-2)31(32(36)24-12-14-25(38-7)15-13-24)27(26(28)10-3)22-30(35)34(18-21-37-6)17-11-16-33(4)5/h8-9,12-15,23H,1-2,10-11,16-22H2,3-7H3. The first-order valence-corrected chi connectivity index (χ1v) is 13.6. The molecule has 2 aromatic rings. The smallest absolute Gasteiger partial charge is 0.227 e. The Hall–Kier alpha value is -3.62. The van der Waals surface area contributed by atoms with Gasteiger partial charge in [-0.1, -0.05) is 32.2 Å². The molecule has 2 aromatic carbocycles. The number of hydrogen-bond acceptors (Lipinski definition) is 7. The molecule has 0 aliphatic carbocycles. The van der Waals surface area contributed by atoms with Crippen LogP contribution in [0.3, 0.4) is 0 Å². The van der Waals surface area contributed by atoms with Crippen LogP contribution in [0, 0.1) is 0 Å². The molecule has 1 amide bonds. The van der Waals surface area contributed by atoms with Crippen molar-refractivity contribution in [3.63, 3.8) is 0 Å². The molecule has 0 radical (unpaired) electrons. The lowest BCUT2D eigenvalue weighted by Crippen LogP contribution is -2.37. The molecule has 0 unspecified atom stereocenters. The van der Waals surface area contributed by atoms with Crippen molar-refractivity contribution < 1.29 is 28.5 Å². The van der Waals surface area contributed by atoms with E-state index in [1.807, 2.05) is 21.0 Å². The number of benzene rings is 2. The Bertz CT molecular complexity index is 1130. The van der Waals surface area contributed by atoms with E-state index in [1.54, 1.807) is 61.6 Å². The van der Waals surface area contributed by atoms with Gasteiger partial charge in [0, 0.05) is 31.8 Å². The van der Waals surface area contributed by atoms with E-state index in [1.165, 1.54) is 0 Å². The minimum Gasteiger partial charge on any atom is -0.497 e. The molecule has 0 spiro atoms. The van der Waals surface area contributed by atoms with E-state index in [9.17, 15) is 9.59 Å². The summed E-state index contributed by atoms with van der Waals surface area (Å²) in [5, 5.41) is 0. The predicted molar refractivity (Wildman–Crippen MR) is 159 cm³/mol. The topological polar surface area (TPSA) is 77.5 Å². The van der Waals surface area contributed by atoms with Crippen LogP contribution >= 0.6 is 0 Å². The first kappa shape index (κ1) is 32.6. The van der Waals surface area contributed by atoms with Crippen LogP contribution in [0.15, 0.2) is 55.6 Å². The fourth-order valence-electron chi connectivity index (χ4n) is 4.39. The number of amides is 1. The first-order chi connectivity index (χ1) is 19.3. The third kappa shape index (κ3) is 9.24. The molecule has 0 N–H and O–H groups in total. The van der Waals surface area contributed by atoms with E-state index in [-0.39, 0.29) is 31.3 Å². The van der Waals surface area contributed by atoms with Gasteiger partial charge in [0.15, 0.2) is 5.78 Å². The van der Waals surface area contributed by atoms with Crippen LogP contribution in [0.1, 0.15) is 40.4 Å². The number of ketones is 1. The van der Waals surface area contributed by atoms with Crippen molar-refractivity contribution >= 4 is 11.7 Å². The average molecular weight is 553 g/mol. The SMILES string of the molecule is C=CCOc1cc(OCC=C)c(C(=O)c2ccc(OC)cc2)c(CC(=O)N(CCCN(C)C)CCOC)c1CC. The number of ether oxygens (including phenoxy) is 4. The van der Waals surface area contributed by atoms with Gasteiger partial charge >= 0.3 is 0 Å². The van der Waals surface area contributed by atoms with Gasteiger partial charge in [-0.2, -0.15) is 0 Å². The lowest BCUT2D eigenvalue weighted by Gasteiger charge is -2.26. The molecular weight excluding hydrogens is 508 g/mol. The van der Waals surface area contributed by atoms with Crippen molar-refractivity contribution in [2.24, 2.45) is 0 Å². The minimum atomic E-state index is -0.245. The molecule has 0 heterocycles. The van der Waals surface area contributed by atoms with Crippen LogP contribution in [0.2, 0.25) is 0 Å². The molecular formula is C32H44N2O6. The van der Waals surface area contributed by atoms with Crippen LogP contribution in [0.25, 0.3) is 0 Å². The van der Waals surface area contributed by atoms with E-state index in [0.29, 0.717) is 60.1 Å². The van der Waals surface area contributed by atoms with E-state index < -0.39 is 0 Å². The summed E-state index contributed by atoms with van der Waals surface area (Å²) in [6.07, 6.45) is 4.65. The highest BCUT2D eigenvalue weighted by Crippen LogP contribution is 2.37. The number of methoxy groups -OCH3 is 2. The van der Waals surface area contributed by atoms with Gasteiger partial charge in [-0.3, -0.25) is 9.59 Å². The summed E-state index contributed by atoms with van der Waals surface area (Å²) in [4.78, 5) is 31.8. The fourth-order valence-corrected chi connectivity index (χ4v) is 4.39. The van der Waals surface area contributed by atoms with Crippen molar-refractivity contribution in [3.8, 4) is 17.2 Å². The summed E-state index contributed by atoms with van der Waals surface area (Å²) in [5.74, 6) is 1.21. The van der Waals surface area contributed by atoms with Crippen LogP contribution < -0.4 is 14.2 Å². The van der Waals surface area contributed by atoms with Gasteiger partial charge in [0.1, 0.15) is 30.5 Å². The zero-order valence-electron chi connectivity index (χ0n) is 24.7. The normalized spacial score (nSPS) is 10.8. The van der Waals surface area contributed by atoms with E-state index in [4.69, 9.17) is 18.9 Å². The Morgan fingerprint density at radius 3 is 2.10 bits per heavy atom. The highest BCUT2D eigenvalue weighted by molar-refractivity contribution is 6.12.